The molecule has 0 bridgehead atoms. The van der Waals surface area contributed by atoms with Crippen molar-refractivity contribution in [1.82, 2.24) is 15.0 Å². The maximum Gasteiger partial charge on any atom is 0.437 e. The normalized spacial score (nSPS) is 11.2. The van der Waals surface area contributed by atoms with Crippen LogP contribution in [0.5, 0.6) is 0 Å². The van der Waals surface area contributed by atoms with Crippen molar-refractivity contribution in [3.63, 3.8) is 0 Å². The molecule has 0 fully saturated rings. The van der Waals surface area contributed by atoms with E-state index in [9.17, 15) is 27.2 Å². The lowest BCUT2D eigenvalue weighted by Gasteiger charge is -2.20. The fraction of sp³-hybridized carbons (Fsp3) is 0.214. The van der Waals surface area contributed by atoms with Crippen molar-refractivity contribution in [3.05, 3.63) is 36.2 Å². The molecule has 6 nitrogen and oxygen atoms in total. The molecule has 10 heteroatoms. The first kappa shape index (κ1) is 17.4. The van der Waals surface area contributed by atoms with Crippen molar-refractivity contribution in [1.29, 1.82) is 0 Å². The fourth-order valence-electron chi connectivity index (χ4n) is 1.95. The predicted molar refractivity (Wildman–Crippen MR) is 74.1 cm³/mol. The molecular weight excluding hydrogens is 332 g/mol. The number of imide groups is 1. The van der Waals surface area contributed by atoms with Crippen molar-refractivity contribution in [2.45, 2.75) is 20.0 Å². The molecular formula is C14H10F4N4O2. The van der Waals surface area contributed by atoms with Gasteiger partial charge in [0.2, 0.25) is 11.8 Å². The summed E-state index contributed by atoms with van der Waals surface area (Å²) in [6, 6.07) is 0.935. The summed E-state index contributed by atoms with van der Waals surface area (Å²) in [5.74, 6) is -3.58. The second-order valence-corrected chi connectivity index (χ2v) is 4.69. The zero-order chi connectivity index (χ0) is 18.1. The fourth-order valence-corrected chi connectivity index (χ4v) is 1.95. The van der Waals surface area contributed by atoms with Gasteiger partial charge in [0.1, 0.15) is 5.82 Å². The van der Waals surface area contributed by atoms with Crippen molar-refractivity contribution in [2.75, 3.05) is 4.90 Å². The maximum atomic E-state index is 13.3. The van der Waals surface area contributed by atoms with E-state index in [4.69, 9.17) is 0 Å². The topological polar surface area (TPSA) is 76.1 Å². The van der Waals surface area contributed by atoms with Crippen LogP contribution in [-0.2, 0) is 15.8 Å². The van der Waals surface area contributed by atoms with Gasteiger partial charge < -0.3 is 0 Å². The van der Waals surface area contributed by atoms with E-state index in [2.05, 4.69) is 15.0 Å². The van der Waals surface area contributed by atoms with Gasteiger partial charge in [-0.3, -0.25) is 14.6 Å². The highest BCUT2D eigenvalue weighted by Crippen LogP contribution is 2.35. The molecule has 0 atom stereocenters. The minimum atomic E-state index is -4.98. The number of amides is 2. The summed E-state index contributed by atoms with van der Waals surface area (Å²) in [6.07, 6.45) is -2.09. The summed E-state index contributed by atoms with van der Waals surface area (Å²) < 4.78 is 53.0. The van der Waals surface area contributed by atoms with E-state index in [1.165, 1.54) is 0 Å². The van der Waals surface area contributed by atoms with Crippen LogP contribution in [0.25, 0.3) is 11.3 Å². The number of aromatic nitrogens is 3. The van der Waals surface area contributed by atoms with Gasteiger partial charge in [0.15, 0.2) is 11.5 Å². The highest BCUT2D eigenvalue weighted by atomic mass is 19.4. The predicted octanol–water partition coefficient (Wildman–Crippen LogP) is 2.60. The third-order valence-corrected chi connectivity index (χ3v) is 2.86. The van der Waals surface area contributed by atoms with Crippen molar-refractivity contribution in [2.24, 2.45) is 0 Å². The second-order valence-electron chi connectivity index (χ2n) is 4.69. The summed E-state index contributed by atoms with van der Waals surface area (Å²) in [5, 5.41) is 0. The molecule has 0 N–H and O–H groups in total. The van der Waals surface area contributed by atoms with Gasteiger partial charge in [-0.25, -0.2) is 19.3 Å². The van der Waals surface area contributed by atoms with Crippen molar-refractivity contribution in [3.8, 4) is 11.3 Å². The lowest BCUT2D eigenvalue weighted by atomic mass is 10.2. The highest BCUT2D eigenvalue weighted by molar-refractivity contribution is 6.12. The standard InChI is InChI=1S/C14H10F4N4O2/c1-7(23)22(8(2)24)13-12(14(16,17)18)21-11(6-20-13)9-3-10(15)5-19-4-9/h3-6H,1-2H3. The monoisotopic (exact) mass is 342 g/mol. The minimum Gasteiger partial charge on any atom is -0.274 e. The zero-order valence-corrected chi connectivity index (χ0v) is 12.4. The van der Waals surface area contributed by atoms with Crippen LogP contribution in [-0.4, -0.2) is 26.8 Å². The molecule has 0 unspecified atom stereocenters. The average Bonchev–Trinajstić information content (AvgIpc) is 2.45. The summed E-state index contributed by atoms with van der Waals surface area (Å²) in [7, 11) is 0. The van der Waals surface area contributed by atoms with E-state index in [0.717, 1.165) is 38.5 Å². The van der Waals surface area contributed by atoms with Crippen molar-refractivity contribution < 1.29 is 27.2 Å². The minimum absolute atomic E-state index is 0.0308. The molecule has 0 saturated heterocycles. The highest BCUT2D eigenvalue weighted by Gasteiger charge is 2.40. The first-order valence-corrected chi connectivity index (χ1v) is 6.47. The smallest absolute Gasteiger partial charge is 0.274 e. The Morgan fingerprint density at radius 1 is 1.08 bits per heavy atom. The summed E-state index contributed by atoms with van der Waals surface area (Å²) in [5.41, 5.74) is -1.86. The largest absolute Gasteiger partial charge is 0.437 e. The first-order valence-electron chi connectivity index (χ1n) is 6.47. The van der Waals surface area contributed by atoms with Crippen LogP contribution < -0.4 is 4.90 Å². The number of anilines is 1. The summed E-state index contributed by atoms with van der Waals surface area (Å²) >= 11 is 0. The number of alkyl halides is 3. The number of hydrogen-bond acceptors (Lipinski definition) is 5. The van der Waals surface area contributed by atoms with Crippen LogP contribution in [0.4, 0.5) is 23.4 Å². The van der Waals surface area contributed by atoms with Gasteiger partial charge in [-0.2, -0.15) is 13.2 Å². The van der Waals surface area contributed by atoms with Crippen LogP contribution in [0.15, 0.2) is 24.7 Å². The second kappa shape index (κ2) is 6.30. The van der Waals surface area contributed by atoms with Gasteiger partial charge in [-0.05, 0) is 6.07 Å². The molecule has 2 aromatic rings. The molecule has 0 radical (unpaired) electrons. The Balaban J connectivity index is 2.67. The Labute approximate surface area is 133 Å². The molecule has 0 aliphatic rings. The van der Waals surface area contributed by atoms with E-state index in [1.54, 1.807) is 0 Å². The number of rotatable bonds is 2. The Morgan fingerprint density at radius 3 is 2.21 bits per heavy atom. The van der Waals surface area contributed by atoms with Crippen LogP contribution >= 0.6 is 0 Å². The van der Waals surface area contributed by atoms with Crippen LogP contribution in [0.2, 0.25) is 0 Å². The van der Waals surface area contributed by atoms with Gasteiger partial charge >= 0.3 is 6.18 Å². The number of carbonyl (C=O) groups excluding carboxylic acids is 2. The molecule has 0 saturated carbocycles. The number of nitrogens with zero attached hydrogens (tertiary/aromatic N) is 4. The van der Waals surface area contributed by atoms with Gasteiger partial charge in [0.05, 0.1) is 18.1 Å². The van der Waals surface area contributed by atoms with Crippen LogP contribution in [0.1, 0.15) is 19.5 Å². The number of pyridine rings is 1. The lowest BCUT2D eigenvalue weighted by Crippen LogP contribution is -2.36. The van der Waals surface area contributed by atoms with E-state index < -0.39 is 35.3 Å². The van der Waals surface area contributed by atoms with Crippen molar-refractivity contribution >= 4 is 17.6 Å². The van der Waals surface area contributed by atoms with E-state index >= 15 is 0 Å². The Hall–Kier alpha value is -2.91. The average molecular weight is 342 g/mol. The van der Waals surface area contributed by atoms with Gasteiger partial charge in [-0.1, -0.05) is 0 Å². The van der Waals surface area contributed by atoms with E-state index in [-0.39, 0.29) is 16.2 Å². The molecule has 0 aromatic carbocycles. The molecule has 0 aliphatic heterocycles. The Kier molecular flexibility index (Phi) is 4.58. The molecule has 0 aliphatic carbocycles. The molecule has 2 aromatic heterocycles. The van der Waals surface area contributed by atoms with Gasteiger partial charge in [-0.15, -0.1) is 0 Å². The SMILES string of the molecule is CC(=O)N(C(C)=O)c1ncc(-c2cncc(F)c2)nc1C(F)(F)F. The molecule has 126 valence electrons. The molecule has 24 heavy (non-hydrogen) atoms. The van der Waals surface area contributed by atoms with Crippen LogP contribution in [0.3, 0.4) is 0 Å². The number of carbonyl (C=O) groups is 2. The lowest BCUT2D eigenvalue weighted by molar-refractivity contribution is -0.141. The molecule has 0 spiro atoms. The maximum absolute atomic E-state index is 13.3. The molecule has 2 heterocycles. The Morgan fingerprint density at radius 2 is 1.71 bits per heavy atom. The molecule has 2 amide bonds. The summed E-state index contributed by atoms with van der Waals surface area (Å²) in [6.45, 7) is 1.85. The third kappa shape index (κ3) is 3.53. The first-order chi connectivity index (χ1) is 11.1. The Bertz CT molecular complexity index is 794. The van der Waals surface area contributed by atoms with Gasteiger partial charge in [0.25, 0.3) is 0 Å². The molecule has 2 rings (SSSR count). The quantitative estimate of drug-likeness (QED) is 0.784. The third-order valence-electron chi connectivity index (χ3n) is 2.86. The van der Waals surface area contributed by atoms with Crippen LogP contribution in [0, 0.1) is 5.82 Å². The van der Waals surface area contributed by atoms with Gasteiger partial charge in [0, 0.05) is 25.6 Å². The summed E-state index contributed by atoms with van der Waals surface area (Å²) in [4.78, 5) is 33.7. The van der Waals surface area contributed by atoms with E-state index in [0.29, 0.717) is 0 Å². The van der Waals surface area contributed by atoms with E-state index in [1.807, 2.05) is 0 Å². The zero-order valence-electron chi connectivity index (χ0n) is 12.4. The number of hydrogen-bond donors (Lipinski definition) is 0. The number of halogens is 4.